The maximum Gasteiger partial charge on any atom is 0.328 e. The van der Waals surface area contributed by atoms with E-state index in [4.69, 9.17) is 9.47 Å². The van der Waals surface area contributed by atoms with E-state index in [1.165, 1.54) is 7.11 Å². The van der Waals surface area contributed by atoms with Gasteiger partial charge in [0.2, 0.25) is 5.91 Å². The minimum absolute atomic E-state index is 0.0244. The van der Waals surface area contributed by atoms with Crippen molar-refractivity contribution in [2.45, 2.75) is 64.9 Å². The summed E-state index contributed by atoms with van der Waals surface area (Å²) in [5, 5.41) is 2.87. The average molecular weight is 376 g/mol. The quantitative estimate of drug-likeness (QED) is 0.741. The van der Waals surface area contributed by atoms with Crippen molar-refractivity contribution in [1.82, 2.24) is 10.2 Å². The second kappa shape index (κ2) is 8.85. The van der Waals surface area contributed by atoms with Crippen LogP contribution in [-0.4, -0.2) is 48.3 Å². The first-order valence-electron chi connectivity index (χ1n) is 9.53. The van der Waals surface area contributed by atoms with E-state index >= 15 is 0 Å². The molecule has 0 unspecified atom stereocenters. The fraction of sp³-hybridized carbons (Fsp3) is 0.619. The molecule has 1 aromatic carbocycles. The van der Waals surface area contributed by atoms with Crippen LogP contribution in [-0.2, 0) is 19.1 Å². The second-order valence-corrected chi connectivity index (χ2v) is 7.98. The van der Waals surface area contributed by atoms with Crippen LogP contribution in [0.1, 0.15) is 52.6 Å². The van der Waals surface area contributed by atoms with Crippen LogP contribution in [0.5, 0.6) is 0 Å². The number of hydrogen-bond acceptors (Lipinski definition) is 5. The molecule has 6 heteroatoms. The number of nitrogens with one attached hydrogen (secondary N) is 1. The number of benzene rings is 1. The molecule has 1 fully saturated rings. The van der Waals surface area contributed by atoms with E-state index in [9.17, 15) is 9.59 Å². The Bertz CT molecular complexity index is 645. The molecule has 1 N–H and O–H groups in total. The van der Waals surface area contributed by atoms with Crippen LogP contribution in [0.25, 0.3) is 0 Å². The predicted molar refractivity (Wildman–Crippen MR) is 104 cm³/mol. The summed E-state index contributed by atoms with van der Waals surface area (Å²) in [5.41, 5.74) is 0.519. The highest BCUT2D eigenvalue weighted by molar-refractivity contribution is 5.87. The molecule has 1 aliphatic rings. The average Bonchev–Trinajstić information content (AvgIpc) is 2.95. The number of rotatable bonds is 7. The zero-order valence-electron chi connectivity index (χ0n) is 17.2. The molecule has 6 nitrogen and oxygen atoms in total. The largest absolute Gasteiger partial charge is 0.467 e. The van der Waals surface area contributed by atoms with Crippen molar-refractivity contribution in [2.24, 2.45) is 5.92 Å². The molecular weight excluding hydrogens is 344 g/mol. The van der Waals surface area contributed by atoms with Gasteiger partial charge in [-0.25, -0.2) is 4.79 Å². The first kappa shape index (κ1) is 21.4. The monoisotopic (exact) mass is 376 g/mol. The topological polar surface area (TPSA) is 67.9 Å². The molecule has 0 radical (unpaired) electrons. The van der Waals surface area contributed by atoms with E-state index in [1.54, 1.807) is 0 Å². The van der Waals surface area contributed by atoms with Gasteiger partial charge in [0.05, 0.1) is 25.8 Å². The minimum Gasteiger partial charge on any atom is -0.467 e. The van der Waals surface area contributed by atoms with Crippen LogP contribution in [0.2, 0.25) is 0 Å². The zero-order valence-corrected chi connectivity index (χ0v) is 17.2. The summed E-state index contributed by atoms with van der Waals surface area (Å²) in [6.45, 7) is 10.3. The zero-order chi connectivity index (χ0) is 20.2. The molecule has 3 atom stereocenters. The number of amides is 1. The molecule has 1 heterocycles. The highest BCUT2D eigenvalue weighted by Crippen LogP contribution is 2.38. The van der Waals surface area contributed by atoms with Crippen molar-refractivity contribution < 1.29 is 19.1 Å². The van der Waals surface area contributed by atoms with Crippen molar-refractivity contribution in [3.63, 3.8) is 0 Å². The maximum atomic E-state index is 13.0. The van der Waals surface area contributed by atoms with E-state index in [1.807, 2.05) is 65.0 Å². The molecule has 0 spiro atoms. The summed E-state index contributed by atoms with van der Waals surface area (Å²) >= 11 is 0. The summed E-state index contributed by atoms with van der Waals surface area (Å²) in [6.07, 6.45) is 0.535. The van der Waals surface area contributed by atoms with Gasteiger partial charge in [0.1, 0.15) is 11.8 Å². The lowest BCUT2D eigenvalue weighted by atomic mass is 10.0. The molecule has 0 saturated carbocycles. The number of hydrogen-bond donors (Lipinski definition) is 1. The molecule has 1 amide bonds. The third-order valence-corrected chi connectivity index (χ3v) is 5.04. The highest BCUT2D eigenvalue weighted by Gasteiger charge is 2.46. The summed E-state index contributed by atoms with van der Waals surface area (Å²) in [4.78, 5) is 27.1. The molecule has 0 bridgehead atoms. The standard InChI is InChI=1S/C21H32N2O4/c1-14(2)12-17(20(25)26-6)22-19(24)15(3)23-18(13-27-21(23,4)5)16-10-8-7-9-11-16/h7-11,14-15,17-18H,12-13H2,1-6H3,(H,22,24)/t15-,17+,18-/m1/s1. The summed E-state index contributed by atoms with van der Waals surface area (Å²) < 4.78 is 10.8. The first-order valence-corrected chi connectivity index (χ1v) is 9.53. The van der Waals surface area contributed by atoms with Crippen molar-refractivity contribution in [3.8, 4) is 0 Å². The molecule has 1 aromatic rings. The molecule has 0 aromatic heterocycles. The molecule has 1 aliphatic heterocycles. The van der Waals surface area contributed by atoms with E-state index in [-0.39, 0.29) is 17.9 Å². The van der Waals surface area contributed by atoms with Gasteiger partial charge in [-0.05, 0) is 38.7 Å². The van der Waals surface area contributed by atoms with E-state index in [0.717, 1.165) is 5.56 Å². The summed E-state index contributed by atoms with van der Waals surface area (Å²) in [5.74, 6) is -0.361. The molecule has 1 saturated heterocycles. The Morgan fingerprint density at radius 1 is 1.26 bits per heavy atom. The Morgan fingerprint density at radius 2 is 1.89 bits per heavy atom. The number of nitrogens with zero attached hydrogens (tertiary/aromatic N) is 1. The van der Waals surface area contributed by atoms with Crippen molar-refractivity contribution >= 4 is 11.9 Å². The van der Waals surface area contributed by atoms with Crippen molar-refractivity contribution in [2.75, 3.05) is 13.7 Å². The van der Waals surface area contributed by atoms with Gasteiger partial charge < -0.3 is 14.8 Å². The van der Waals surface area contributed by atoms with Gasteiger partial charge in [-0.3, -0.25) is 9.69 Å². The summed E-state index contributed by atoms with van der Waals surface area (Å²) in [7, 11) is 1.34. The Labute approximate surface area is 162 Å². The number of carbonyl (C=O) groups excluding carboxylic acids is 2. The molecule has 0 aliphatic carbocycles. The number of esters is 1. The van der Waals surface area contributed by atoms with Crippen LogP contribution in [0.4, 0.5) is 0 Å². The van der Waals surface area contributed by atoms with Gasteiger partial charge in [-0.2, -0.15) is 0 Å². The predicted octanol–water partition coefficient (Wildman–Crippen LogP) is 2.89. The number of ether oxygens (including phenoxy) is 2. The fourth-order valence-electron chi connectivity index (χ4n) is 3.73. The van der Waals surface area contributed by atoms with Gasteiger partial charge in [0, 0.05) is 0 Å². The Balaban J connectivity index is 2.20. The molecular formula is C21H32N2O4. The fourth-order valence-corrected chi connectivity index (χ4v) is 3.73. The third kappa shape index (κ3) is 5.08. The van der Waals surface area contributed by atoms with Crippen LogP contribution in [0.15, 0.2) is 30.3 Å². The van der Waals surface area contributed by atoms with Crippen LogP contribution in [0.3, 0.4) is 0 Å². The smallest absolute Gasteiger partial charge is 0.328 e. The van der Waals surface area contributed by atoms with Crippen molar-refractivity contribution in [1.29, 1.82) is 0 Å². The van der Waals surface area contributed by atoms with Crippen molar-refractivity contribution in [3.05, 3.63) is 35.9 Å². The minimum atomic E-state index is -0.647. The Hall–Kier alpha value is -1.92. The SMILES string of the molecule is COC(=O)[C@H](CC(C)C)NC(=O)[C@@H](C)N1[C@@H](c2ccccc2)COC1(C)C. The molecule has 2 rings (SSSR count). The van der Waals surface area contributed by atoms with Gasteiger partial charge in [0.25, 0.3) is 0 Å². The van der Waals surface area contributed by atoms with Gasteiger partial charge in [0.15, 0.2) is 0 Å². The molecule has 150 valence electrons. The second-order valence-electron chi connectivity index (χ2n) is 7.98. The Morgan fingerprint density at radius 3 is 2.44 bits per heavy atom. The van der Waals surface area contributed by atoms with E-state index < -0.39 is 23.8 Å². The van der Waals surface area contributed by atoms with Crippen LogP contribution in [0, 0.1) is 5.92 Å². The normalized spacial score (nSPS) is 21.7. The van der Waals surface area contributed by atoms with Crippen LogP contribution < -0.4 is 5.32 Å². The third-order valence-electron chi connectivity index (χ3n) is 5.04. The Kier molecular flexibility index (Phi) is 7.00. The maximum absolute atomic E-state index is 13.0. The lowest BCUT2D eigenvalue weighted by Crippen LogP contribution is -2.55. The summed E-state index contributed by atoms with van der Waals surface area (Å²) in [6, 6.07) is 8.89. The first-order chi connectivity index (χ1) is 12.7. The van der Waals surface area contributed by atoms with Crippen LogP contribution >= 0.6 is 0 Å². The number of methoxy groups -OCH3 is 1. The lowest BCUT2D eigenvalue weighted by molar-refractivity contribution is -0.147. The molecule has 27 heavy (non-hydrogen) atoms. The van der Waals surface area contributed by atoms with Gasteiger partial charge in [-0.15, -0.1) is 0 Å². The van der Waals surface area contributed by atoms with E-state index in [0.29, 0.717) is 13.0 Å². The van der Waals surface area contributed by atoms with Gasteiger partial charge >= 0.3 is 5.97 Å². The lowest BCUT2D eigenvalue weighted by Gasteiger charge is -2.38. The van der Waals surface area contributed by atoms with E-state index in [2.05, 4.69) is 10.2 Å². The van der Waals surface area contributed by atoms with Gasteiger partial charge in [-0.1, -0.05) is 44.2 Å². The number of carbonyl (C=O) groups is 2. The highest BCUT2D eigenvalue weighted by atomic mass is 16.5.